The van der Waals surface area contributed by atoms with E-state index >= 15 is 0 Å². The molecule has 0 saturated carbocycles. The molecule has 4 nitrogen and oxygen atoms in total. The normalized spacial score (nSPS) is 10.3. The average molecular weight is 276 g/mol. The molecule has 100 valence electrons. The van der Waals surface area contributed by atoms with Crippen LogP contribution < -0.4 is 15.8 Å². The van der Waals surface area contributed by atoms with Crippen molar-refractivity contribution >= 4 is 17.2 Å². The van der Waals surface area contributed by atoms with Crippen LogP contribution in [0, 0.1) is 0 Å². The number of hydrogen-bond donors (Lipinski definition) is 2. The largest absolute Gasteiger partial charge is 0.492 e. The van der Waals surface area contributed by atoms with E-state index in [1.165, 1.54) is 11.3 Å². The van der Waals surface area contributed by atoms with E-state index in [1.807, 2.05) is 36.4 Å². The molecule has 5 heteroatoms. The predicted octanol–water partition coefficient (Wildman–Crippen LogP) is 2.02. The van der Waals surface area contributed by atoms with E-state index in [4.69, 9.17) is 10.5 Å². The van der Waals surface area contributed by atoms with Crippen LogP contribution in [0.2, 0.25) is 0 Å². The first-order valence-corrected chi connectivity index (χ1v) is 6.89. The Morgan fingerprint density at radius 2 is 2.11 bits per heavy atom. The zero-order valence-corrected chi connectivity index (χ0v) is 11.3. The summed E-state index contributed by atoms with van der Waals surface area (Å²) < 4.78 is 5.55. The van der Waals surface area contributed by atoms with Crippen LogP contribution >= 0.6 is 11.3 Å². The van der Waals surface area contributed by atoms with E-state index in [9.17, 15) is 4.79 Å². The highest BCUT2D eigenvalue weighted by Crippen LogP contribution is 2.13. The van der Waals surface area contributed by atoms with Gasteiger partial charge >= 0.3 is 0 Å². The Morgan fingerprint density at radius 3 is 2.79 bits per heavy atom. The molecule has 0 saturated heterocycles. The van der Waals surface area contributed by atoms with E-state index < -0.39 is 0 Å². The first kappa shape index (κ1) is 13.6. The number of nitrogens with one attached hydrogen (secondary N) is 1. The molecule has 0 radical (unpaired) electrons. The van der Waals surface area contributed by atoms with E-state index in [1.54, 1.807) is 5.38 Å². The van der Waals surface area contributed by atoms with Crippen molar-refractivity contribution in [2.45, 2.75) is 6.54 Å². The van der Waals surface area contributed by atoms with Gasteiger partial charge in [-0.25, -0.2) is 0 Å². The topological polar surface area (TPSA) is 64.4 Å². The lowest BCUT2D eigenvalue weighted by Gasteiger charge is -2.06. The minimum Gasteiger partial charge on any atom is -0.492 e. The summed E-state index contributed by atoms with van der Waals surface area (Å²) in [5.74, 6) is 0.492. The number of primary amides is 1. The van der Waals surface area contributed by atoms with Crippen molar-refractivity contribution in [3.63, 3.8) is 0 Å². The number of ether oxygens (including phenoxy) is 1. The number of rotatable bonds is 7. The Hall–Kier alpha value is -1.85. The molecule has 2 rings (SSSR count). The average Bonchev–Trinajstić information content (AvgIpc) is 2.89. The summed E-state index contributed by atoms with van der Waals surface area (Å²) in [7, 11) is 0. The number of thiophene rings is 1. The Balaban J connectivity index is 1.65. The van der Waals surface area contributed by atoms with Gasteiger partial charge in [0.1, 0.15) is 12.4 Å². The van der Waals surface area contributed by atoms with Gasteiger partial charge in [0.25, 0.3) is 0 Å². The van der Waals surface area contributed by atoms with Crippen molar-refractivity contribution in [1.82, 2.24) is 5.32 Å². The number of carbonyl (C=O) groups excluding carboxylic acids is 1. The molecule has 0 atom stereocenters. The summed E-state index contributed by atoms with van der Waals surface area (Å²) >= 11 is 1.53. The lowest BCUT2D eigenvalue weighted by molar-refractivity contribution is 0.100. The second-order valence-electron chi connectivity index (χ2n) is 4.00. The minimum absolute atomic E-state index is 0.380. The molecule has 2 aromatic rings. The summed E-state index contributed by atoms with van der Waals surface area (Å²) in [4.78, 5) is 12.0. The van der Waals surface area contributed by atoms with Crippen LogP contribution in [-0.4, -0.2) is 19.1 Å². The fraction of sp³-hybridized carbons (Fsp3) is 0.214. The zero-order valence-electron chi connectivity index (χ0n) is 10.5. The lowest BCUT2D eigenvalue weighted by Crippen LogP contribution is -2.20. The predicted molar refractivity (Wildman–Crippen MR) is 76.5 cm³/mol. The third-order valence-corrected chi connectivity index (χ3v) is 3.47. The molecule has 1 amide bonds. The number of hydrogen-bond acceptors (Lipinski definition) is 4. The number of carbonyl (C=O) groups is 1. The second kappa shape index (κ2) is 6.92. The molecule has 3 N–H and O–H groups in total. The second-order valence-corrected chi connectivity index (χ2v) is 5.00. The number of nitrogens with two attached hydrogens (primary N) is 1. The van der Waals surface area contributed by atoms with Crippen LogP contribution in [0.15, 0.2) is 41.8 Å². The molecule has 0 spiro atoms. The quantitative estimate of drug-likeness (QED) is 0.760. The van der Waals surface area contributed by atoms with Crippen LogP contribution in [0.1, 0.15) is 15.2 Å². The van der Waals surface area contributed by atoms with Crippen molar-refractivity contribution in [3.05, 3.63) is 52.2 Å². The standard InChI is InChI=1S/C14H16N2O2S/c15-14(17)11-8-13(19-10-11)9-16-6-7-18-12-4-2-1-3-5-12/h1-5,8,10,16H,6-7,9H2,(H2,15,17). The molecule has 1 aromatic carbocycles. The molecular formula is C14H16N2O2S. The van der Waals surface area contributed by atoms with Gasteiger partial charge in [-0.3, -0.25) is 4.79 Å². The van der Waals surface area contributed by atoms with Gasteiger partial charge in [0.15, 0.2) is 0 Å². The summed E-state index contributed by atoms with van der Waals surface area (Å²) in [6.45, 7) is 2.08. The maximum Gasteiger partial charge on any atom is 0.249 e. The van der Waals surface area contributed by atoms with Gasteiger partial charge in [0.05, 0.1) is 5.56 Å². The van der Waals surface area contributed by atoms with E-state index in [0.29, 0.717) is 12.2 Å². The summed E-state index contributed by atoms with van der Waals surface area (Å²) in [6.07, 6.45) is 0. The molecule has 0 fully saturated rings. The van der Waals surface area contributed by atoms with Gasteiger partial charge in [0.2, 0.25) is 5.91 Å². The molecule has 0 aliphatic rings. The molecule has 19 heavy (non-hydrogen) atoms. The fourth-order valence-electron chi connectivity index (χ4n) is 1.57. The Labute approximate surface area is 116 Å². The van der Waals surface area contributed by atoms with Crippen LogP contribution in [0.5, 0.6) is 5.75 Å². The van der Waals surface area contributed by atoms with Gasteiger partial charge in [-0.2, -0.15) is 0 Å². The summed E-state index contributed by atoms with van der Waals surface area (Å²) in [5.41, 5.74) is 5.77. The molecule has 0 bridgehead atoms. The van der Waals surface area contributed by atoms with Crippen molar-refractivity contribution < 1.29 is 9.53 Å². The summed E-state index contributed by atoms with van der Waals surface area (Å²) in [6, 6.07) is 11.5. The maximum atomic E-state index is 10.9. The maximum absolute atomic E-state index is 10.9. The lowest BCUT2D eigenvalue weighted by atomic mass is 10.3. The Morgan fingerprint density at radius 1 is 1.32 bits per heavy atom. The van der Waals surface area contributed by atoms with Gasteiger partial charge < -0.3 is 15.8 Å². The van der Waals surface area contributed by atoms with Crippen molar-refractivity contribution in [1.29, 1.82) is 0 Å². The smallest absolute Gasteiger partial charge is 0.249 e. The highest BCUT2D eigenvalue weighted by molar-refractivity contribution is 7.10. The number of para-hydroxylation sites is 1. The molecule has 1 aromatic heterocycles. The molecular weight excluding hydrogens is 260 g/mol. The van der Waals surface area contributed by atoms with E-state index in [0.717, 1.165) is 23.7 Å². The van der Waals surface area contributed by atoms with Gasteiger partial charge in [0, 0.05) is 23.3 Å². The van der Waals surface area contributed by atoms with Gasteiger partial charge in [-0.05, 0) is 18.2 Å². The first-order chi connectivity index (χ1) is 9.25. The van der Waals surface area contributed by atoms with E-state index in [2.05, 4.69) is 5.32 Å². The van der Waals surface area contributed by atoms with Crippen molar-refractivity contribution in [2.75, 3.05) is 13.2 Å². The Bertz CT molecular complexity index is 525. The van der Waals surface area contributed by atoms with Gasteiger partial charge in [-0.15, -0.1) is 11.3 Å². The Kier molecular flexibility index (Phi) is 4.94. The molecule has 0 aliphatic carbocycles. The van der Waals surface area contributed by atoms with Crippen LogP contribution in [0.3, 0.4) is 0 Å². The number of amides is 1. The third-order valence-electron chi connectivity index (χ3n) is 2.53. The van der Waals surface area contributed by atoms with Crippen LogP contribution in [0.25, 0.3) is 0 Å². The fourth-order valence-corrected chi connectivity index (χ4v) is 2.41. The third kappa shape index (κ3) is 4.39. The molecule has 0 unspecified atom stereocenters. The van der Waals surface area contributed by atoms with Gasteiger partial charge in [-0.1, -0.05) is 18.2 Å². The van der Waals surface area contributed by atoms with Crippen molar-refractivity contribution in [2.24, 2.45) is 5.73 Å². The first-order valence-electron chi connectivity index (χ1n) is 6.01. The molecule has 0 aliphatic heterocycles. The summed E-state index contributed by atoms with van der Waals surface area (Å²) in [5, 5.41) is 5.04. The highest BCUT2D eigenvalue weighted by Gasteiger charge is 2.03. The molecule has 1 heterocycles. The number of benzene rings is 1. The monoisotopic (exact) mass is 276 g/mol. The van der Waals surface area contributed by atoms with Crippen molar-refractivity contribution in [3.8, 4) is 5.75 Å². The highest BCUT2D eigenvalue weighted by atomic mass is 32.1. The van der Waals surface area contributed by atoms with E-state index in [-0.39, 0.29) is 5.91 Å². The zero-order chi connectivity index (χ0) is 13.5. The minimum atomic E-state index is -0.380. The van der Waals surface area contributed by atoms with Crippen LogP contribution in [0.4, 0.5) is 0 Å². The SMILES string of the molecule is NC(=O)c1csc(CNCCOc2ccccc2)c1. The van der Waals surface area contributed by atoms with Crippen LogP contribution in [-0.2, 0) is 6.54 Å².